The van der Waals surface area contributed by atoms with Gasteiger partial charge in [-0.2, -0.15) is 41.1 Å². The van der Waals surface area contributed by atoms with Gasteiger partial charge in [-0.1, -0.05) is 11.6 Å². The lowest BCUT2D eigenvalue weighted by Crippen LogP contribution is -2.33. The number of nitrogens with one attached hydrogen (secondary N) is 2. The molecule has 3 rings (SSSR count). The number of H-pyrrole nitrogens is 1. The van der Waals surface area contributed by atoms with Crippen molar-refractivity contribution >= 4 is 23.2 Å². The predicted octanol–water partition coefficient (Wildman–Crippen LogP) is 3.06. The molecule has 19 heteroatoms. The number of carbonyl (C=O) groups excluding carboxylic acids is 1. The SMILES string of the molecule is CCn1c(CO)nn(-c2nc(OC(C)C(F)(F)F)c(C(=O)Nc3c(Cl)n[nH]c3C(F)(F)F)cc2F)c1=O. The fraction of sp³-hybridized carbons (Fsp3) is 0.389. The number of pyridine rings is 1. The van der Waals surface area contributed by atoms with Crippen LogP contribution in [0.3, 0.4) is 0 Å². The lowest BCUT2D eigenvalue weighted by Gasteiger charge is -2.19. The summed E-state index contributed by atoms with van der Waals surface area (Å²) in [5.41, 5.74) is -4.81. The number of hydrogen-bond acceptors (Lipinski definition) is 7. The first-order valence-corrected chi connectivity index (χ1v) is 10.3. The Labute approximate surface area is 205 Å². The molecule has 3 heterocycles. The van der Waals surface area contributed by atoms with Gasteiger partial charge in [0.15, 0.2) is 34.4 Å². The molecule has 0 aromatic carbocycles. The van der Waals surface area contributed by atoms with E-state index in [-0.39, 0.29) is 18.4 Å². The van der Waals surface area contributed by atoms with Crippen molar-refractivity contribution in [1.82, 2.24) is 29.5 Å². The van der Waals surface area contributed by atoms with Gasteiger partial charge in [0.1, 0.15) is 17.9 Å². The summed E-state index contributed by atoms with van der Waals surface area (Å²) in [4.78, 5) is 28.8. The zero-order valence-electron chi connectivity index (χ0n) is 18.5. The molecular weight excluding hydrogens is 547 g/mol. The van der Waals surface area contributed by atoms with Crippen LogP contribution in [0.2, 0.25) is 5.15 Å². The summed E-state index contributed by atoms with van der Waals surface area (Å²) in [5, 5.41) is 18.5. The molecule has 3 aromatic heterocycles. The first kappa shape index (κ1) is 27.9. The fourth-order valence-electron chi connectivity index (χ4n) is 2.93. The summed E-state index contributed by atoms with van der Waals surface area (Å²) in [6.07, 6.45) is -12.7. The molecule has 1 amide bonds. The molecule has 11 nitrogen and oxygen atoms in total. The van der Waals surface area contributed by atoms with E-state index in [9.17, 15) is 45.4 Å². The number of anilines is 1. The van der Waals surface area contributed by atoms with Gasteiger partial charge in [-0.3, -0.25) is 14.5 Å². The molecular formula is C18H15ClF7N7O4. The van der Waals surface area contributed by atoms with E-state index >= 15 is 0 Å². The Balaban J connectivity index is 2.16. The van der Waals surface area contributed by atoms with E-state index in [0.717, 1.165) is 4.57 Å². The number of nitrogens with zero attached hydrogens (tertiary/aromatic N) is 5. The number of aromatic nitrogens is 6. The average molecular weight is 562 g/mol. The molecule has 0 bridgehead atoms. The molecule has 202 valence electrons. The van der Waals surface area contributed by atoms with Crippen LogP contribution in [0.25, 0.3) is 5.82 Å². The van der Waals surface area contributed by atoms with Crippen molar-refractivity contribution in [3.05, 3.63) is 44.6 Å². The third-order valence-corrected chi connectivity index (χ3v) is 5.03. The van der Waals surface area contributed by atoms with E-state index in [0.29, 0.717) is 11.6 Å². The number of hydrogen-bond donors (Lipinski definition) is 3. The molecule has 0 saturated heterocycles. The molecule has 3 aromatic rings. The number of aromatic amines is 1. The average Bonchev–Trinajstić information content (AvgIpc) is 3.32. The second-order valence-electron chi connectivity index (χ2n) is 7.18. The summed E-state index contributed by atoms with van der Waals surface area (Å²) in [6, 6.07) is 0.285. The molecule has 0 radical (unpaired) electrons. The molecule has 37 heavy (non-hydrogen) atoms. The molecule has 0 spiro atoms. The maximum absolute atomic E-state index is 15.0. The summed E-state index contributed by atoms with van der Waals surface area (Å²) < 4.78 is 99.8. The highest BCUT2D eigenvalue weighted by atomic mass is 35.5. The number of aliphatic hydroxyl groups is 1. The Hall–Kier alpha value is -3.67. The Morgan fingerprint density at radius 1 is 1.30 bits per heavy atom. The first-order chi connectivity index (χ1) is 17.1. The fourth-order valence-corrected chi connectivity index (χ4v) is 3.11. The van der Waals surface area contributed by atoms with Gasteiger partial charge in [0, 0.05) is 6.54 Å². The van der Waals surface area contributed by atoms with Gasteiger partial charge in [-0.25, -0.2) is 9.18 Å². The zero-order valence-corrected chi connectivity index (χ0v) is 19.3. The van der Waals surface area contributed by atoms with Crippen LogP contribution < -0.4 is 15.7 Å². The maximum atomic E-state index is 15.0. The van der Waals surface area contributed by atoms with Crippen molar-refractivity contribution in [2.75, 3.05) is 5.32 Å². The smallest absolute Gasteiger partial charge is 0.434 e. The van der Waals surface area contributed by atoms with Crippen molar-refractivity contribution < 1.29 is 45.4 Å². The van der Waals surface area contributed by atoms with E-state index in [1.54, 1.807) is 10.4 Å². The van der Waals surface area contributed by atoms with Crippen LogP contribution in [0.4, 0.5) is 36.4 Å². The van der Waals surface area contributed by atoms with Crippen molar-refractivity contribution in [3.63, 3.8) is 0 Å². The van der Waals surface area contributed by atoms with E-state index in [1.807, 2.05) is 0 Å². The van der Waals surface area contributed by atoms with Crippen molar-refractivity contribution in [3.8, 4) is 11.7 Å². The maximum Gasteiger partial charge on any atom is 0.434 e. The summed E-state index contributed by atoms with van der Waals surface area (Å²) in [6.45, 7) is 1.21. The van der Waals surface area contributed by atoms with Crippen LogP contribution in [0.15, 0.2) is 10.9 Å². The van der Waals surface area contributed by atoms with Gasteiger partial charge in [0.25, 0.3) is 5.91 Å². The van der Waals surface area contributed by atoms with Crippen molar-refractivity contribution in [2.45, 2.75) is 45.5 Å². The molecule has 0 fully saturated rings. The Morgan fingerprint density at radius 3 is 2.46 bits per heavy atom. The molecule has 0 aliphatic rings. The lowest BCUT2D eigenvalue weighted by molar-refractivity contribution is -0.190. The molecule has 0 saturated carbocycles. The quantitative estimate of drug-likeness (QED) is 0.377. The number of amides is 1. The van der Waals surface area contributed by atoms with Gasteiger partial charge in [0.2, 0.25) is 5.88 Å². The minimum absolute atomic E-state index is 0.0295. The molecule has 0 aliphatic carbocycles. The first-order valence-electron chi connectivity index (χ1n) is 9.96. The third kappa shape index (κ3) is 5.53. The summed E-state index contributed by atoms with van der Waals surface area (Å²) in [7, 11) is 0. The number of rotatable bonds is 7. The van der Waals surface area contributed by atoms with Gasteiger partial charge in [-0.15, -0.1) is 5.10 Å². The van der Waals surface area contributed by atoms with Crippen molar-refractivity contribution in [1.29, 1.82) is 0 Å². The number of aliphatic hydroxyl groups excluding tert-OH is 1. The van der Waals surface area contributed by atoms with Crippen LogP contribution >= 0.6 is 11.6 Å². The van der Waals surface area contributed by atoms with Gasteiger partial charge in [0.05, 0.1) is 0 Å². The topological polar surface area (TPSA) is 140 Å². The van der Waals surface area contributed by atoms with Crippen molar-refractivity contribution in [2.24, 2.45) is 0 Å². The third-order valence-electron chi connectivity index (χ3n) is 4.76. The normalized spacial score (nSPS) is 13.1. The van der Waals surface area contributed by atoms with Crippen LogP contribution in [-0.4, -0.2) is 52.8 Å². The Morgan fingerprint density at radius 2 is 1.95 bits per heavy atom. The highest BCUT2D eigenvalue weighted by Crippen LogP contribution is 2.37. The standard InChI is InChI=1S/C18H15ClF7N7O4/c1-3-32-9(5-34)31-33(16(32)36)13-8(20)4-7(15(28-13)37-6(2)17(21,22)23)14(35)27-10-11(18(24,25)26)29-30-12(10)19/h4,6,34H,3,5H2,1-2H3,(H,27,35)(H,29,30). The van der Waals surface area contributed by atoms with Crippen LogP contribution in [0.1, 0.15) is 35.7 Å². The second-order valence-corrected chi connectivity index (χ2v) is 7.54. The molecule has 0 aliphatic heterocycles. The van der Waals surface area contributed by atoms with Gasteiger partial charge < -0.3 is 15.2 Å². The van der Waals surface area contributed by atoms with Crippen LogP contribution in [-0.2, 0) is 19.3 Å². The minimum atomic E-state index is -5.08. The van der Waals surface area contributed by atoms with Crippen LogP contribution in [0.5, 0.6) is 5.88 Å². The zero-order chi connectivity index (χ0) is 27.9. The van der Waals surface area contributed by atoms with E-state index < -0.39 is 76.3 Å². The Bertz CT molecular complexity index is 1380. The lowest BCUT2D eigenvalue weighted by atomic mass is 10.2. The highest BCUT2D eigenvalue weighted by molar-refractivity contribution is 6.33. The van der Waals surface area contributed by atoms with Crippen LogP contribution in [0, 0.1) is 5.82 Å². The predicted molar refractivity (Wildman–Crippen MR) is 110 cm³/mol. The largest absolute Gasteiger partial charge is 0.464 e. The van der Waals surface area contributed by atoms with Gasteiger partial charge >= 0.3 is 18.0 Å². The minimum Gasteiger partial charge on any atom is -0.464 e. The monoisotopic (exact) mass is 561 g/mol. The highest BCUT2D eigenvalue weighted by Gasteiger charge is 2.40. The number of carbonyl (C=O) groups is 1. The number of halogens is 8. The van der Waals surface area contributed by atoms with E-state index in [4.69, 9.17) is 11.6 Å². The van der Waals surface area contributed by atoms with E-state index in [2.05, 4.69) is 19.9 Å². The van der Waals surface area contributed by atoms with Gasteiger partial charge in [-0.05, 0) is 19.9 Å². The number of alkyl halides is 6. The summed E-state index contributed by atoms with van der Waals surface area (Å²) >= 11 is 5.57. The van der Waals surface area contributed by atoms with E-state index in [1.165, 1.54) is 6.92 Å². The Kier molecular flexibility index (Phi) is 7.54. The molecule has 1 unspecified atom stereocenters. The second kappa shape index (κ2) is 10.0. The molecule has 1 atom stereocenters. The summed E-state index contributed by atoms with van der Waals surface area (Å²) in [5.74, 6) is -5.53. The molecule has 3 N–H and O–H groups in total. The number of ether oxygens (including phenoxy) is 1.